The van der Waals surface area contributed by atoms with Gasteiger partial charge in [0.1, 0.15) is 0 Å². The van der Waals surface area contributed by atoms with Crippen LogP contribution in [0, 0.1) is 0 Å². The molecule has 0 amide bonds. The van der Waals surface area contributed by atoms with Gasteiger partial charge in [0.2, 0.25) is 5.16 Å². The van der Waals surface area contributed by atoms with E-state index < -0.39 is 0 Å². The van der Waals surface area contributed by atoms with E-state index in [1.807, 2.05) is 18.3 Å². The smallest absolute Gasteiger partial charge is 0.220 e. The van der Waals surface area contributed by atoms with Gasteiger partial charge in [-0.25, -0.2) is 9.50 Å². The zero-order chi connectivity index (χ0) is 9.80. The van der Waals surface area contributed by atoms with Gasteiger partial charge in [-0.2, -0.15) is 4.98 Å². The Labute approximate surface area is 90.0 Å². The fourth-order valence-corrected chi connectivity index (χ4v) is 1.76. The van der Waals surface area contributed by atoms with Crippen molar-refractivity contribution in [2.24, 2.45) is 0 Å². The van der Waals surface area contributed by atoms with Gasteiger partial charge in [-0.3, -0.25) is 0 Å². The number of halogens is 1. The molecule has 0 N–H and O–H groups in total. The molecule has 0 aromatic carbocycles. The van der Waals surface area contributed by atoms with Gasteiger partial charge in [-0.05, 0) is 6.07 Å². The monoisotopic (exact) mass is 226 g/mol. The summed E-state index contributed by atoms with van der Waals surface area (Å²) in [7, 11) is 0. The Bertz CT molecular complexity index is 420. The molecule has 0 spiro atoms. The molecule has 0 aliphatic rings. The van der Waals surface area contributed by atoms with Crippen LogP contribution in [-0.2, 0) is 0 Å². The van der Waals surface area contributed by atoms with E-state index in [-0.39, 0.29) is 0 Å². The van der Waals surface area contributed by atoms with Crippen molar-refractivity contribution < 1.29 is 0 Å². The highest BCUT2D eigenvalue weighted by Crippen LogP contribution is 2.13. The van der Waals surface area contributed by atoms with Gasteiger partial charge in [0, 0.05) is 23.7 Å². The molecule has 2 rings (SSSR count). The highest BCUT2D eigenvalue weighted by atomic mass is 35.5. The van der Waals surface area contributed by atoms with Crippen LogP contribution in [0.2, 0.25) is 0 Å². The van der Waals surface area contributed by atoms with Crippen LogP contribution < -0.4 is 0 Å². The molecule has 6 heteroatoms. The molecule has 0 saturated carbocycles. The Morgan fingerprint density at radius 2 is 2.50 bits per heavy atom. The minimum atomic E-state index is 0.616. The quantitative estimate of drug-likeness (QED) is 0.751. The highest BCUT2D eigenvalue weighted by molar-refractivity contribution is 7.99. The minimum absolute atomic E-state index is 0.616. The molecule has 4 nitrogen and oxygen atoms in total. The topological polar surface area (TPSA) is 43.1 Å². The standard InChI is InChI=1S/C8H7ClN4S/c9-3-1-6-14-8-11-7-10-4-2-5-13(7)12-8/h1-5H,6H2/b3-1+. The molecule has 14 heavy (non-hydrogen) atoms. The van der Waals surface area contributed by atoms with Crippen molar-refractivity contribution in [2.75, 3.05) is 5.75 Å². The molecule has 2 heterocycles. The highest BCUT2D eigenvalue weighted by Gasteiger charge is 2.02. The second-order valence-electron chi connectivity index (χ2n) is 2.43. The molecule has 72 valence electrons. The zero-order valence-corrected chi connectivity index (χ0v) is 8.74. The summed E-state index contributed by atoms with van der Waals surface area (Å²) in [6.45, 7) is 0. The maximum atomic E-state index is 5.39. The maximum Gasteiger partial charge on any atom is 0.253 e. The first-order chi connectivity index (χ1) is 6.90. The molecule has 0 bridgehead atoms. The molecule has 0 aliphatic heterocycles. The van der Waals surface area contributed by atoms with Crippen LogP contribution in [0.5, 0.6) is 0 Å². The Balaban J connectivity index is 2.18. The minimum Gasteiger partial charge on any atom is -0.220 e. The van der Waals surface area contributed by atoms with E-state index in [2.05, 4.69) is 15.1 Å². The zero-order valence-electron chi connectivity index (χ0n) is 7.17. The van der Waals surface area contributed by atoms with Crippen LogP contribution in [0.25, 0.3) is 5.78 Å². The number of aromatic nitrogens is 4. The summed E-state index contributed by atoms with van der Waals surface area (Å²) < 4.78 is 1.65. The molecule has 0 saturated heterocycles. The molecule has 0 aliphatic carbocycles. The second-order valence-corrected chi connectivity index (χ2v) is 3.67. The van der Waals surface area contributed by atoms with Crippen LogP contribution >= 0.6 is 23.4 Å². The average molecular weight is 227 g/mol. The number of rotatable bonds is 3. The summed E-state index contributed by atoms with van der Waals surface area (Å²) in [6, 6.07) is 1.81. The van der Waals surface area contributed by atoms with Crippen LogP contribution in [0.15, 0.2) is 35.2 Å². The molecule has 0 atom stereocenters. The van der Waals surface area contributed by atoms with Gasteiger partial charge in [0.25, 0.3) is 5.78 Å². The number of fused-ring (bicyclic) bond motifs is 1. The third-order valence-corrected chi connectivity index (χ3v) is 2.46. The van der Waals surface area contributed by atoms with Crippen molar-refractivity contribution in [2.45, 2.75) is 5.16 Å². The first kappa shape index (κ1) is 9.48. The number of hydrogen-bond acceptors (Lipinski definition) is 4. The number of thioether (sulfide) groups is 1. The SMILES string of the molecule is Cl/C=C/CSc1nc2ncccn2n1. The molecule has 0 fully saturated rings. The fourth-order valence-electron chi connectivity index (χ4n) is 0.934. The lowest BCUT2D eigenvalue weighted by atomic mass is 10.7. The van der Waals surface area contributed by atoms with E-state index in [0.29, 0.717) is 10.9 Å². The summed E-state index contributed by atoms with van der Waals surface area (Å²) in [4.78, 5) is 8.27. The van der Waals surface area contributed by atoms with Crippen LogP contribution in [0.1, 0.15) is 0 Å². The average Bonchev–Trinajstić information content (AvgIpc) is 2.60. The maximum absolute atomic E-state index is 5.39. The molecular formula is C8H7ClN4S. The summed E-state index contributed by atoms with van der Waals surface area (Å²) in [5.74, 6) is 1.38. The Morgan fingerprint density at radius 1 is 1.57 bits per heavy atom. The van der Waals surface area contributed by atoms with Crippen LogP contribution in [-0.4, -0.2) is 25.3 Å². The Morgan fingerprint density at radius 3 is 3.29 bits per heavy atom. The van der Waals surface area contributed by atoms with Crippen molar-refractivity contribution in [1.82, 2.24) is 19.6 Å². The summed E-state index contributed by atoms with van der Waals surface area (Å²) in [6.07, 6.45) is 5.35. The number of hydrogen-bond donors (Lipinski definition) is 0. The predicted molar refractivity (Wildman–Crippen MR) is 56.5 cm³/mol. The van der Waals surface area contributed by atoms with Crippen LogP contribution in [0.4, 0.5) is 0 Å². The van der Waals surface area contributed by atoms with Gasteiger partial charge in [0.15, 0.2) is 0 Å². The van der Waals surface area contributed by atoms with Gasteiger partial charge < -0.3 is 0 Å². The van der Waals surface area contributed by atoms with E-state index in [1.165, 1.54) is 17.3 Å². The van der Waals surface area contributed by atoms with E-state index in [4.69, 9.17) is 11.6 Å². The van der Waals surface area contributed by atoms with Gasteiger partial charge in [-0.1, -0.05) is 29.4 Å². The first-order valence-electron chi connectivity index (χ1n) is 3.95. The lowest BCUT2D eigenvalue weighted by Crippen LogP contribution is -1.86. The third kappa shape index (κ3) is 2.05. The Kier molecular flexibility index (Phi) is 3.00. The lowest BCUT2D eigenvalue weighted by molar-refractivity contribution is 0.880. The molecular weight excluding hydrogens is 220 g/mol. The van der Waals surface area contributed by atoms with Gasteiger partial charge in [-0.15, -0.1) is 5.10 Å². The van der Waals surface area contributed by atoms with Gasteiger partial charge >= 0.3 is 0 Å². The lowest BCUT2D eigenvalue weighted by Gasteiger charge is -1.86. The molecule has 0 radical (unpaired) electrons. The van der Waals surface area contributed by atoms with Crippen LogP contribution in [0.3, 0.4) is 0 Å². The van der Waals surface area contributed by atoms with Crippen molar-refractivity contribution >= 4 is 29.1 Å². The van der Waals surface area contributed by atoms with Gasteiger partial charge in [0.05, 0.1) is 0 Å². The van der Waals surface area contributed by atoms with E-state index in [0.717, 1.165) is 5.75 Å². The van der Waals surface area contributed by atoms with E-state index in [9.17, 15) is 0 Å². The van der Waals surface area contributed by atoms with Crippen molar-refractivity contribution in [3.8, 4) is 0 Å². The molecule has 2 aromatic heterocycles. The van der Waals surface area contributed by atoms with Crippen molar-refractivity contribution in [3.05, 3.63) is 30.1 Å². The Hall–Kier alpha value is -1.07. The molecule has 2 aromatic rings. The predicted octanol–water partition coefficient (Wildman–Crippen LogP) is 1.97. The normalized spacial score (nSPS) is 11.5. The largest absolute Gasteiger partial charge is 0.253 e. The first-order valence-corrected chi connectivity index (χ1v) is 5.38. The fraction of sp³-hybridized carbons (Fsp3) is 0.125. The second kappa shape index (κ2) is 4.43. The van der Waals surface area contributed by atoms with E-state index >= 15 is 0 Å². The van der Waals surface area contributed by atoms with Crippen molar-refractivity contribution in [3.63, 3.8) is 0 Å². The summed E-state index contributed by atoms with van der Waals surface area (Å²) in [5.41, 5.74) is 1.49. The summed E-state index contributed by atoms with van der Waals surface area (Å²) in [5, 5.41) is 4.92. The molecule has 0 unspecified atom stereocenters. The van der Waals surface area contributed by atoms with Crippen molar-refractivity contribution in [1.29, 1.82) is 0 Å². The third-order valence-electron chi connectivity index (χ3n) is 1.49. The van der Waals surface area contributed by atoms with E-state index in [1.54, 1.807) is 10.7 Å². The number of nitrogens with zero attached hydrogens (tertiary/aromatic N) is 4. The summed E-state index contributed by atoms with van der Waals surface area (Å²) >= 11 is 6.91.